The molecule has 1 amide bonds. The van der Waals surface area contributed by atoms with Crippen molar-refractivity contribution in [3.05, 3.63) is 63.9 Å². The molecule has 2 rings (SSSR count). The molecule has 1 unspecified atom stereocenters. The minimum atomic E-state index is -0.450. The van der Waals surface area contributed by atoms with E-state index in [-0.39, 0.29) is 12.5 Å². The van der Waals surface area contributed by atoms with Crippen LogP contribution in [0.15, 0.2) is 36.4 Å². The smallest absolute Gasteiger partial charge is 0.253 e. The number of pyridine rings is 1. The maximum absolute atomic E-state index is 12.3. The summed E-state index contributed by atoms with van der Waals surface area (Å²) in [6.07, 6.45) is 0.950. The van der Waals surface area contributed by atoms with Crippen LogP contribution in [0.3, 0.4) is 0 Å². The summed E-state index contributed by atoms with van der Waals surface area (Å²) >= 11 is 5.80. The lowest BCUT2D eigenvalue weighted by Gasteiger charge is -2.17. The summed E-state index contributed by atoms with van der Waals surface area (Å²) in [6, 6.07) is 10.6. The number of benzene rings is 1. The summed E-state index contributed by atoms with van der Waals surface area (Å²) in [5, 5.41) is 12.7. The van der Waals surface area contributed by atoms with Crippen molar-refractivity contribution in [2.45, 2.75) is 26.3 Å². The molecule has 5 heteroatoms. The van der Waals surface area contributed by atoms with Crippen LogP contribution in [-0.4, -0.2) is 22.6 Å². The van der Waals surface area contributed by atoms with Gasteiger partial charge in [0.05, 0.1) is 23.9 Å². The van der Waals surface area contributed by atoms with Gasteiger partial charge in [-0.05, 0) is 36.6 Å². The number of carbonyl (C=O) groups is 1. The fraction of sp³-hybridized carbons (Fsp3) is 0.294. The molecular formula is C17H19ClN2O2. The lowest BCUT2D eigenvalue weighted by Crippen LogP contribution is -2.31. The first-order valence-corrected chi connectivity index (χ1v) is 7.56. The fourth-order valence-electron chi connectivity index (χ4n) is 2.23. The van der Waals surface area contributed by atoms with Gasteiger partial charge in [0.2, 0.25) is 0 Å². The van der Waals surface area contributed by atoms with Gasteiger partial charge >= 0.3 is 0 Å². The summed E-state index contributed by atoms with van der Waals surface area (Å²) in [6.45, 7) is 3.64. The first-order valence-electron chi connectivity index (χ1n) is 7.18. The Morgan fingerprint density at radius 2 is 1.95 bits per heavy atom. The Kier molecular flexibility index (Phi) is 5.52. The fourth-order valence-corrected chi connectivity index (χ4v) is 2.42. The molecule has 2 N–H and O–H groups in total. The van der Waals surface area contributed by atoms with Gasteiger partial charge < -0.3 is 10.4 Å². The normalized spacial score (nSPS) is 12.0. The van der Waals surface area contributed by atoms with Gasteiger partial charge in [-0.1, -0.05) is 42.8 Å². The molecule has 1 heterocycles. The molecule has 0 bridgehead atoms. The predicted octanol–water partition coefficient (Wildman–Crippen LogP) is 3.07. The van der Waals surface area contributed by atoms with Crippen LogP contribution in [0.4, 0.5) is 0 Å². The van der Waals surface area contributed by atoms with Crippen LogP contribution in [-0.2, 0) is 6.42 Å². The van der Waals surface area contributed by atoms with E-state index in [0.29, 0.717) is 16.4 Å². The first-order chi connectivity index (χ1) is 10.5. The summed E-state index contributed by atoms with van der Waals surface area (Å²) in [5.74, 6) is -0.278. The maximum Gasteiger partial charge on any atom is 0.253 e. The van der Waals surface area contributed by atoms with Crippen molar-refractivity contribution in [2.24, 2.45) is 0 Å². The molecule has 1 aromatic carbocycles. The van der Waals surface area contributed by atoms with E-state index in [0.717, 1.165) is 12.0 Å². The van der Waals surface area contributed by atoms with Crippen LogP contribution in [0.1, 0.15) is 40.1 Å². The van der Waals surface area contributed by atoms with Gasteiger partial charge in [0.25, 0.3) is 5.91 Å². The molecule has 0 saturated heterocycles. The highest BCUT2D eigenvalue weighted by atomic mass is 35.5. The van der Waals surface area contributed by atoms with E-state index in [1.54, 1.807) is 19.1 Å². The second-order valence-corrected chi connectivity index (χ2v) is 5.46. The van der Waals surface area contributed by atoms with E-state index >= 15 is 0 Å². The van der Waals surface area contributed by atoms with E-state index < -0.39 is 6.04 Å². The summed E-state index contributed by atoms with van der Waals surface area (Å²) in [7, 11) is 0. The van der Waals surface area contributed by atoms with Crippen molar-refractivity contribution in [1.29, 1.82) is 0 Å². The monoisotopic (exact) mass is 318 g/mol. The molecule has 0 aliphatic rings. The second kappa shape index (κ2) is 7.38. The molecule has 2 aromatic rings. The Hall–Kier alpha value is -1.91. The average Bonchev–Trinajstić information content (AvgIpc) is 2.52. The van der Waals surface area contributed by atoms with Crippen molar-refractivity contribution < 1.29 is 9.90 Å². The molecule has 116 valence electrons. The van der Waals surface area contributed by atoms with Gasteiger partial charge in [-0.25, -0.2) is 4.98 Å². The summed E-state index contributed by atoms with van der Waals surface area (Å²) < 4.78 is 0. The number of nitrogens with zero attached hydrogens (tertiary/aromatic N) is 1. The van der Waals surface area contributed by atoms with Crippen molar-refractivity contribution in [3.63, 3.8) is 0 Å². The molecule has 4 nitrogen and oxygen atoms in total. The van der Waals surface area contributed by atoms with Crippen molar-refractivity contribution in [1.82, 2.24) is 10.3 Å². The van der Waals surface area contributed by atoms with Crippen LogP contribution in [0.25, 0.3) is 0 Å². The quantitative estimate of drug-likeness (QED) is 0.833. The zero-order chi connectivity index (χ0) is 16.1. The van der Waals surface area contributed by atoms with E-state index in [1.807, 2.05) is 24.3 Å². The highest BCUT2D eigenvalue weighted by Gasteiger charge is 2.17. The lowest BCUT2D eigenvalue weighted by molar-refractivity contribution is 0.0915. The maximum atomic E-state index is 12.3. The summed E-state index contributed by atoms with van der Waals surface area (Å²) in [5.41, 5.74) is 3.09. The van der Waals surface area contributed by atoms with Crippen molar-refractivity contribution in [3.8, 4) is 0 Å². The second-order valence-electron chi connectivity index (χ2n) is 5.07. The third-order valence-electron chi connectivity index (χ3n) is 3.57. The number of aliphatic hydroxyl groups is 1. The Labute approximate surface area is 135 Å². The van der Waals surface area contributed by atoms with Crippen LogP contribution < -0.4 is 5.32 Å². The van der Waals surface area contributed by atoms with Crippen LogP contribution >= 0.6 is 11.6 Å². The lowest BCUT2D eigenvalue weighted by atomic mass is 10.0. The van der Waals surface area contributed by atoms with Crippen LogP contribution in [0.5, 0.6) is 0 Å². The highest BCUT2D eigenvalue weighted by molar-refractivity contribution is 6.29. The molecule has 0 radical (unpaired) electrons. The molecule has 1 aromatic heterocycles. The number of carbonyl (C=O) groups excluding carboxylic acids is 1. The molecule has 0 aliphatic carbocycles. The minimum absolute atomic E-state index is 0.169. The number of aryl methyl sites for hydroxylation is 2. The number of aromatic nitrogens is 1. The Morgan fingerprint density at radius 3 is 2.50 bits per heavy atom. The number of hydrogen-bond donors (Lipinski definition) is 2. The number of nitrogens with one attached hydrogen (secondary N) is 1. The molecule has 0 aliphatic heterocycles. The molecule has 1 atom stereocenters. The van der Waals surface area contributed by atoms with E-state index in [9.17, 15) is 9.90 Å². The molecule has 0 fully saturated rings. The third kappa shape index (κ3) is 3.84. The summed E-state index contributed by atoms with van der Waals surface area (Å²) in [4.78, 5) is 16.4. The Balaban J connectivity index is 2.16. The minimum Gasteiger partial charge on any atom is -0.394 e. The van der Waals surface area contributed by atoms with E-state index in [4.69, 9.17) is 11.6 Å². The van der Waals surface area contributed by atoms with E-state index in [2.05, 4.69) is 17.2 Å². The standard InChI is InChI=1S/C17H19ClN2O2/c1-3-12-4-6-13(7-5-12)15(10-21)20-17(22)14-8-9-16(18)19-11(14)2/h4-9,15,21H,3,10H2,1-2H3,(H,20,22). The van der Waals surface area contributed by atoms with Gasteiger partial charge in [-0.2, -0.15) is 0 Å². The molecule has 0 spiro atoms. The van der Waals surface area contributed by atoms with Crippen molar-refractivity contribution in [2.75, 3.05) is 6.61 Å². The number of hydrogen-bond acceptors (Lipinski definition) is 3. The van der Waals surface area contributed by atoms with Gasteiger partial charge in [0.15, 0.2) is 0 Å². The SMILES string of the molecule is CCc1ccc(C(CO)NC(=O)c2ccc(Cl)nc2C)cc1. The third-order valence-corrected chi connectivity index (χ3v) is 3.79. The van der Waals surface area contributed by atoms with Gasteiger partial charge in [0, 0.05) is 0 Å². The average molecular weight is 319 g/mol. The van der Waals surface area contributed by atoms with Gasteiger partial charge in [0.1, 0.15) is 5.15 Å². The zero-order valence-electron chi connectivity index (χ0n) is 12.6. The highest BCUT2D eigenvalue weighted by Crippen LogP contribution is 2.16. The number of aliphatic hydroxyl groups excluding tert-OH is 1. The molecular weight excluding hydrogens is 300 g/mol. The largest absolute Gasteiger partial charge is 0.394 e. The topological polar surface area (TPSA) is 62.2 Å². The van der Waals surface area contributed by atoms with Gasteiger partial charge in [-0.15, -0.1) is 0 Å². The molecule has 0 saturated carbocycles. The van der Waals surface area contributed by atoms with Gasteiger partial charge in [-0.3, -0.25) is 4.79 Å². The molecule has 22 heavy (non-hydrogen) atoms. The number of rotatable bonds is 5. The Bertz CT molecular complexity index is 656. The van der Waals surface area contributed by atoms with Crippen molar-refractivity contribution >= 4 is 17.5 Å². The predicted molar refractivity (Wildman–Crippen MR) is 87.1 cm³/mol. The Morgan fingerprint density at radius 1 is 1.27 bits per heavy atom. The number of amides is 1. The van der Waals surface area contributed by atoms with E-state index in [1.165, 1.54) is 5.56 Å². The number of halogens is 1. The van der Waals surface area contributed by atoms with Crippen LogP contribution in [0.2, 0.25) is 5.15 Å². The zero-order valence-corrected chi connectivity index (χ0v) is 13.4. The first kappa shape index (κ1) is 16.5. The van der Waals surface area contributed by atoms with Crippen LogP contribution in [0, 0.1) is 6.92 Å².